The summed E-state index contributed by atoms with van der Waals surface area (Å²) in [6.07, 6.45) is 1.99. The first-order valence-corrected chi connectivity index (χ1v) is 5.55. The molecular formula is C11H10BrNO. The predicted octanol–water partition coefficient (Wildman–Crippen LogP) is 2.74. The molecule has 1 heterocycles. The molecule has 1 spiro atoms. The van der Waals surface area contributed by atoms with E-state index in [1.54, 1.807) is 0 Å². The molecule has 1 N–H and O–H groups in total. The lowest BCUT2D eigenvalue weighted by molar-refractivity contribution is -0.117. The van der Waals surface area contributed by atoms with Crippen molar-refractivity contribution >= 4 is 27.5 Å². The number of benzene rings is 1. The zero-order chi connectivity index (χ0) is 9.92. The Morgan fingerprint density at radius 3 is 2.79 bits per heavy atom. The summed E-state index contributed by atoms with van der Waals surface area (Å²) >= 11 is 3.55. The molecule has 1 fully saturated rings. The molecule has 3 heteroatoms. The number of hydrogen-bond donors (Lipinski definition) is 1. The number of halogens is 1. The van der Waals surface area contributed by atoms with E-state index in [4.69, 9.17) is 0 Å². The zero-order valence-corrected chi connectivity index (χ0v) is 9.44. The number of hydrogen-bond acceptors (Lipinski definition) is 1. The van der Waals surface area contributed by atoms with Crippen LogP contribution in [-0.2, 0) is 10.2 Å². The van der Waals surface area contributed by atoms with Gasteiger partial charge < -0.3 is 5.32 Å². The maximum Gasteiger partial charge on any atom is 0.235 e. The van der Waals surface area contributed by atoms with E-state index >= 15 is 0 Å². The summed E-state index contributed by atoms with van der Waals surface area (Å²) in [4.78, 5) is 11.7. The van der Waals surface area contributed by atoms with Gasteiger partial charge in [0.05, 0.1) is 5.41 Å². The summed E-state index contributed by atoms with van der Waals surface area (Å²) in [5, 5.41) is 2.96. The molecule has 1 aliphatic heterocycles. The van der Waals surface area contributed by atoms with Crippen molar-refractivity contribution in [3.63, 3.8) is 0 Å². The topological polar surface area (TPSA) is 29.1 Å². The minimum absolute atomic E-state index is 0.179. The Morgan fingerprint density at radius 1 is 1.43 bits per heavy atom. The predicted molar refractivity (Wildman–Crippen MR) is 58.4 cm³/mol. The van der Waals surface area contributed by atoms with Crippen molar-refractivity contribution in [3.8, 4) is 0 Å². The summed E-state index contributed by atoms with van der Waals surface area (Å²) in [5.74, 6) is 0.179. The van der Waals surface area contributed by atoms with E-state index in [9.17, 15) is 4.79 Å². The second-order valence-electron chi connectivity index (χ2n) is 4.21. The molecule has 0 atom stereocenters. The molecule has 2 aliphatic rings. The van der Waals surface area contributed by atoms with Gasteiger partial charge in [-0.05, 0) is 37.5 Å². The Labute approximate surface area is 90.8 Å². The van der Waals surface area contributed by atoms with Crippen LogP contribution in [0.4, 0.5) is 5.69 Å². The molecule has 0 radical (unpaired) electrons. The lowest BCUT2D eigenvalue weighted by atomic mass is 9.97. The monoisotopic (exact) mass is 251 g/mol. The molecule has 0 bridgehead atoms. The summed E-state index contributed by atoms with van der Waals surface area (Å²) in [6.45, 7) is 2.04. The van der Waals surface area contributed by atoms with Crippen molar-refractivity contribution in [2.45, 2.75) is 25.2 Å². The number of anilines is 1. The molecule has 0 aromatic heterocycles. The minimum atomic E-state index is -0.179. The van der Waals surface area contributed by atoms with Crippen LogP contribution >= 0.6 is 15.9 Å². The Bertz CT molecular complexity index is 449. The summed E-state index contributed by atoms with van der Waals surface area (Å²) < 4.78 is 1.07. The molecule has 3 rings (SSSR count). The Kier molecular flexibility index (Phi) is 1.45. The average Bonchev–Trinajstić information content (AvgIpc) is 2.78. The van der Waals surface area contributed by atoms with Gasteiger partial charge in [0.1, 0.15) is 0 Å². The van der Waals surface area contributed by atoms with Crippen LogP contribution in [0.2, 0.25) is 0 Å². The van der Waals surface area contributed by atoms with Crippen LogP contribution in [0.25, 0.3) is 0 Å². The van der Waals surface area contributed by atoms with Crippen LogP contribution in [0.5, 0.6) is 0 Å². The molecule has 1 saturated carbocycles. The fraction of sp³-hybridized carbons (Fsp3) is 0.364. The molecule has 72 valence electrons. The van der Waals surface area contributed by atoms with Crippen molar-refractivity contribution in [1.29, 1.82) is 0 Å². The molecule has 14 heavy (non-hydrogen) atoms. The van der Waals surface area contributed by atoms with E-state index < -0.39 is 0 Å². The second kappa shape index (κ2) is 2.40. The second-order valence-corrected chi connectivity index (χ2v) is 5.06. The number of amides is 1. The van der Waals surface area contributed by atoms with Gasteiger partial charge in [-0.15, -0.1) is 0 Å². The third kappa shape index (κ3) is 0.883. The number of nitrogens with one attached hydrogen (secondary N) is 1. The van der Waals surface area contributed by atoms with Gasteiger partial charge >= 0.3 is 0 Å². The van der Waals surface area contributed by atoms with Gasteiger partial charge in [-0.3, -0.25) is 4.79 Å². The van der Waals surface area contributed by atoms with Gasteiger partial charge in [0.2, 0.25) is 5.91 Å². The first-order chi connectivity index (χ1) is 6.63. The zero-order valence-electron chi connectivity index (χ0n) is 7.86. The Balaban J connectivity index is 2.28. The van der Waals surface area contributed by atoms with Crippen molar-refractivity contribution < 1.29 is 4.79 Å². The summed E-state index contributed by atoms with van der Waals surface area (Å²) in [5.41, 5.74) is 3.17. The Morgan fingerprint density at radius 2 is 2.14 bits per heavy atom. The first kappa shape index (κ1) is 8.48. The molecule has 0 unspecified atom stereocenters. The highest BCUT2D eigenvalue weighted by molar-refractivity contribution is 9.10. The average molecular weight is 252 g/mol. The van der Waals surface area contributed by atoms with Crippen LogP contribution in [0.1, 0.15) is 24.0 Å². The summed E-state index contributed by atoms with van der Waals surface area (Å²) in [6, 6.07) is 4.13. The number of fused-ring (bicyclic) bond motifs is 2. The van der Waals surface area contributed by atoms with Crippen LogP contribution in [0.15, 0.2) is 16.6 Å². The van der Waals surface area contributed by atoms with Crippen molar-refractivity contribution in [2.24, 2.45) is 0 Å². The molecule has 0 saturated heterocycles. The van der Waals surface area contributed by atoms with E-state index in [0.717, 1.165) is 23.0 Å². The van der Waals surface area contributed by atoms with Gasteiger partial charge in [0.25, 0.3) is 0 Å². The highest BCUT2D eigenvalue weighted by Gasteiger charge is 2.57. The fourth-order valence-corrected chi connectivity index (χ4v) is 3.24. The van der Waals surface area contributed by atoms with E-state index in [-0.39, 0.29) is 11.3 Å². The van der Waals surface area contributed by atoms with Gasteiger partial charge in [0.15, 0.2) is 0 Å². The quantitative estimate of drug-likeness (QED) is 0.755. The smallest absolute Gasteiger partial charge is 0.235 e. The highest BCUT2D eigenvalue weighted by atomic mass is 79.9. The largest absolute Gasteiger partial charge is 0.325 e. The van der Waals surface area contributed by atoms with Crippen LogP contribution < -0.4 is 5.32 Å². The molecule has 2 nitrogen and oxygen atoms in total. The van der Waals surface area contributed by atoms with Crippen LogP contribution in [0.3, 0.4) is 0 Å². The number of rotatable bonds is 0. The number of aryl methyl sites for hydroxylation is 1. The van der Waals surface area contributed by atoms with Crippen LogP contribution in [0, 0.1) is 6.92 Å². The third-order valence-electron chi connectivity index (χ3n) is 3.15. The van der Waals surface area contributed by atoms with Crippen molar-refractivity contribution in [1.82, 2.24) is 0 Å². The van der Waals surface area contributed by atoms with Gasteiger partial charge in [-0.2, -0.15) is 0 Å². The lowest BCUT2D eigenvalue weighted by Crippen LogP contribution is -2.18. The van der Waals surface area contributed by atoms with Gasteiger partial charge in [-0.25, -0.2) is 0 Å². The molecule has 1 aromatic rings. The molecule has 1 amide bonds. The highest BCUT2D eigenvalue weighted by Crippen LogP contribution is 2.57. The normalized spacial score (nSPS) is 20.9. The van der Waals surface area contributed by atoms with Gasteiger partial charge in [-0.1, -0.05) is 15.9 Å². The van der Waals surface area contributed by atoms with E-state index in [1.807, 2.05) is 13.0 Å². The van der Waals surface area contributed by atoms with Gasteiger partial charge in [0, 0.05) is 15.7 Å². The first-order valence-electron chi connectivity index (χ1n) is 4.75. The SMILES string of the molecule is Cc1cc(Br)c2c(c1)NC(=O)C21CC1. The van der Waals surface area contributed by atoms with E-state index in [1.165, 1.54) is 11.1 Å². The van der Waals surface area contributed by atoms with E-state index in [2.05, 4.69) is 27.3 Å². The molecular weight excluding hydrogens is 242 g/mol. The Hall–Kier alpha value is -0.830. The fourth-order valence-electron chi connectivity index (χ4n) is 2.28. The number of carbonyl (C=O) groups excluding carboxylic acids is 1. The maximum atomic E-state index is 11.7. The number of carbonyl (C=O) groups is 1. The lowest BCUT2D eigenvalue weighted by Gasteiger charge is -2.07. The molecule has 1 aromatic carbocycles. The van der Waals surface area contributed by atoms with Crippen molar-refractivity contribution in [3.05, 3.63) is 27.7 Å². The van der Waals surface area contributed by atoms with Crippen LogP contribution in [-0.4, -0.2) is 5.91 Å². The standard InChI is InChI=1S/C11H10BrNO/c1-6-4-7(12)9-8(5-6)13-10(14)11(9)2-3-11/h4-5H,2-3H2,1H3,(H,13,14). The summed E-state index contributed by atoms with van der Waals surface area (Å²) in [7, 11) is 0. The third-order valence-corrected chi connectivity index (χ3v) is 3.77. The van der Waals surface area contributed by atoms with E-state index in [0.29, 0.717) is 0 Å². The van der Waals surface area contributed by atoms with Crippen molar-refractivity contribution in [2.75, 3.05) is 5.32 Å². The molecule has 1 aliphatic carbocycles. The maximum absolute atomic E-state index is 11.7. The minimum Gasteiger partial charge on any atom is -0.325 e.